The first-order valence-electron chi connectivity index (χ1n) is 8.51. The van der Waals surface area contributed by atoms with E-state index in [1.54, 1.807) is 30.3 Å². The molecule has 7 heteroatoms. The average molecular weight is 351 g/mol. The van der Waals surface area contributed by atoms with Crippen molar-refractivity contribution < 1.29 is 13.2 Å². The molecule has 0 spiro atoms. The Morgan fingerprint density at radius 3 is 2.38 bits per heavy atom. The highest BCUT2D eigenvalue weighted by Crippen LogP contribution is 2.25. The first-order chi connectivity index (χ1) is 11.5. The second kappa shape index (κ2) is 7.21. The van der Waals surface area contributed by atoms with Gasteiger partial charge in [-0.25, -0.2) is 8.42 Å². The van der Waals surface area contributed by atoms with E-state index >= 15 is 0 Å². The summed E-state index contributed by atoms with van der Waals surface area (Å²) in [7, 11) is -1.46. The molecule has 1 atom stereocenters. The maximum atomic E-state index is 12.8. The Morgan fingerprint density at radius 1 is 1.04 bits per heavy atom. The van der Waals surface area contributed by atoms with Gasteiger partial charge in [-0.1, -0.05) is 18.2 Å². The lowest BCUT2D eigenvalue weighted by molar-refractivity contribution is -0.138. The summed E-state index contributed by atoms with van der Waals surface area (Å²) in [4.78, 5) is 17.2. The Balaban J connectivity index is 1.69. The maximum absolute atomic E-state index is 12.8. The summed E-state index contributed by atoms with van der Waals surface area (Å²) in [5.41, 5.74) is 0. The lowest BCUT2D eigenvalue weighted by atomic mass is 9.98. The van der Waals surface area contributed by atoms with Gasteiger partial charge in [-0.05, 0) is 32.0 Å². The topological polar surface area (TPSA) is 60.9 Å². The molecule has 24 heavy (non-hydrogen) atoms. The maximum Gasteiger partial charge on any atom is 0.243 e. The van der Waals surface area contributed by atoms with Gasteiger partial charge in [0.15, 0.2) is 0 Å². The van der Waals surface area contributed by atoms with Gasteiger partial charge in [0, 0.05) is 39.3 Å². The van der Waals surface area contributed by atoms with Crippen molar-refractivity contribution in [2.24, 2.45) is 5.92 Å². The Hall–Kier alpha value is -1.44. The number of piperidine rings is 1. The Bertz CT molecular complexity index is 670. The first kappa shape index (κ1) is 17.4. The van der Waals surface area contributed by atoms with E-state index in [1.165, 1.54) is 4.31 Å². The van der Waals surface area contributed by atoms with E-state index in [9.17, 15) is 13.2 Å². The largest absolute Gasteiger partial charge is 0.340 e. The van der Waals surface area contributed by atoms with Crippen molar-refractivity contribution in [2.75, 3.05) is 46.3 Å². The smallest absolute Gasteiger partial charge is 0.243 e. The van der Waals surface area contributed by atoms with Gasteiger partial charge in [0.1, 0.15) is 0 Å². The van der Waals surface area contributed by atoms with Crippen LogP contribution in [0.5, 0.6) is 0 Å². The number of rotatable bonds is 3. The van der Waals surface area contributed by atoms with Crippen LogP contribution >= 0.6 is 0 Å². The predicted molar refractivity (Wildman–Crippen MR) is 92.0 cm³/mol. The van der Waals surface area contributed by atoms with Gasteiger partial charge in [-0.2, -0.15) is 4.31 Å². The summed E-state index contributed by atoms with van der Waals surface area (Å²) >= 11 is 0. The van der Waals surface area contributed by atoms with Gasteiger partial charge >= 0.3 is 0 Å². The first-order valence-corrected chi connectivity index (χ1v) is 9.95. The van der Waals surface area contributed by atoms with Crippen LogP contribution in [0.15, 0.2) is 35.2 Å². The molecule has 0 radical (unpaired) electrons. The third-order valence-corrected chi connectivity index (χ3v) is 6.81. The van der Waals surface area contributed by atoms with Gasteiger partial charge in [-0.3, -0.25) is 4.79 Å². The van der Waals surface area contributed by atoms with Crippen molar-refractivity contribution in [3.05, 3.63) is 30.3 Å². The monoisotopic (exact) mass is 351 g/mol. The van der Waals surface area contributed by atoms with Crippen molar-refractivity contribution in [1.82, 2.24) is 14.1 Å². The van der Waals surface area contributed by atoms with Crippen LogP contribution in [-0.4, -0.2) is 74.7 Å². The van der Waals surface area contributed by atoms with Crippen LogP contribution in [0.2, 0.25) is 0 Å². The molecule has 1 aromatic carbocycles. The number of carbonyl (C=O) groups excluding carboxylic acids is 1. The van der Waals surface area contributed by atoms with Crippen LogP contribution in [0.1, 0.15) is 12.8 Å². The summed E-state index contributed by atoms with van der Waals surface area (Å²) in [5, 5.41) is 0. The zero-order valence-electron chi connectivity index (χ0n) is 14.1. The molecule has 2 fully saturated rings. The second-order valence-electron chi connectivity index (χ2n) is 6.64. The van der Waals surface area contributed by atoms with E-state index in [0.29, 0.717) is 18.0 Å². The molecular weight excluding hydrogens is 326 g/mol. The fourth-order valence-electron chi connectivity index (χ4n) is 3.39. The van der Waals surface area contributed by atoms with Crippen molar-refractivity contribution in [2.45, 2.75) is 17.7 Å². The van der Waals surface area contributed by atoms with Crippen molar-refractivity contribution in [1.29, 1.82) is 0 Å². The summed E-state index contributed by atoms with van der Waals surface area (Å²) in [6.07, 6.45) is 1.50. The highest BCUT2D eigenvalue weighted by Gasteiger charge is 2.35. The van der Waals surface area contributed by atoms with Crippen LogP contribution in [0.25, 0.3) is 0 Å². The molecule has 3 rings (SSSR count). The molecule has 6 nitrogen and oxygen atoms in total. The molecule has 0 unspecified atom stereocenters. The zero-order valence-corrected chi connectivity index (χ0v) is 14.9. The fraction of sp³-hybridized carbons (Fsp3) is 0.588. The van der Waals surface area contributed by atoms with E-state index < -0.39 is 10.0 Å². The number of nitrogens with zero attached hydrogens (tertiary/aromatic N) is 3. The summed E-state index contributed by atoms with van der Waals surface area (Å²) in [6.45, 7) is 4.01. The number of amides is 1. The number of benzene rings is 1. The van der Waals surface area contributed by atoms with Gasteiger partial charge < -0.3 is 9.80 Å². The molecule has 0 aliphatic carbocycles. The van der Waals surface area contributed by atoms with E-state index in [-0.39, 0.29) is 11.8 Å². The quantitative estimate of drug-likeness (QED) is 0.810. The lowest BCUT2D eigenvalue weighted by Crippen LogP contribution is -2.52. The third kappa shape index (κ3) is 3.63. The number of carbonyl (C=O) groups is 1. The zero-order chi connectivity index (χ0) is 17.2. The molecule has 2 aliphatic rings. The molecule has 0 aromatic heterocycles. The summed E-state index contributed by atoms with van der Waals surface area (Å²) in [6, 6.07) is 8.48. The summed E-state index contributed by atoms with van der Waals surface area (Å²) in [5.74, 6) is -0.114. The summed E-state index contributed by atoms with van der Waals surface area (Å²) < 4.78 is 27.0. The normalized spacial score (nSPS) is 24.0. The van der Waals surface area contributed by atoms with Crippen LogP contribution in [0.4, 0.5) is 0 Å². The van der Waals surface area contributed by atoms with E-state index in [1.807, 2.05) is 4.90 Å². The van der Waals surface area contributed by atoms with Gasteiger partial charge in [-0.15, -0.1) is 0 Å². The number of piperazine rings is 1. The minimum absolute atomic E-state index is 0.107. The molecule has 2 heterocycles. The van der Waals surface area contributed by atoms with Gasteiger partial charge in [0.05, 0.1) is 10.8 Å². The Morgan fingerprint density at radius 2 is 1.71 bits per heavy atom. The van der Waals surface area contributed by atoms with Crippen molar-refractivity contribution >= 4 is 15.9 Å². The van der Waals surface area contributed by atoms with E-state index in [0.717, 1.165) is 39.0 Å². The predicted octanol–water partition coefficient (Wildman–Crippen LogP) is 0.861. The molecule has 0 bridgehead atoms. The van der Waals surface area contributed by atoms with Crippen molar-refractivity contribution in [3.8, 4) is 0 Å². The number of sulfonamides is 1. The third-order valence-electron chi connectivity index (χ3n) is 4.93. The Labute approximate surface area is 144 Å². The van der Waals surface area contributed by atoms with Crippen LogP contribution in [0.3, 0.4) is 0 Å². The Kier molecular flexibility index (Phi) is 5.22. The highest BCUT2D eigenvalue weighted by atomic mass is 32.2. The number of hydrogen-bond acceptors (Lipinski definition) is 4. The minimum atomic E-state index is -3.51. The van der Waals surface area contributed by atoms with Crippen molar-refractivity contribution in [3.63, 3.8) is 0 Å². The molecule has 2 saturated heterocycles. The van der Waals surface area contributed by atoms with Crippen LogP contribution in [0, 0.1) is 5.92 Å². The standard InChI is InChI=1S/C17H25N3O3S/c1-18-10-12-19(13-11-18)17(21)15-6-5-9-20(14-15)24(22,23)16-7-3-2-4-8-16/h2-4,7-8,15H,5-6,9-14H2,1H3/t15-/m0/s1. The molecule has 1 amide bonds. The average Bonchev–Trinajstić information content (AvgIpc) is 2.62. The highest BCUT2D eigenvalue weighted by molar-refractivity contribution is 7.89. The molecular formula is C17H25N3O3S. The van der Waals surface area contributed by atoms with Crippen LogP contribution < -0.4 is 0 Å². The molecule has 0 N–H and O–H groups in total. The van der Waals surface area contributed by atoms with E-state index in [4.69, 9.17) is 0 Å². The lowest BCUT2D eigenvalue weighted by Gasteiger charge is -2.37. The van der Waals surface area contributed by atoms with Gasteiger partial charge in [0.25, 0.3) is 0 Å². The molecule has 1 aromatic rings. The number of hydrogen-bond donors (Lipinski definition) is 0. The molecule has 0 saturated carbocycles. The number of likely N-dealkylation sites (N-methyl/N-ethyl adjacent to an activating group) is 1. The molecule has 2 aliphatic heterocycles. The minimum Gasteiger partial charge on any atom is -0.340 e. The molecule has 132 valence electrons. The SMILES string of the molecule is CN1CCN(C(=O)[C@H]2CCCN(S(=O)(=O)c3ccccc3)C2)CC1. The van der Waals surface area contributed by atoms with Gasteiger partial charge in [0.2, 0.25) is 15.9 Å². The van der Waals surface area contributed by atoms with E-state index in [2.05, 4.69) is 11.9 Å². The fourth-order valence-corrected chi connectivity index (χ4v) is 4.93. The second-order valence-corrected chi connectivity index (χ2v) is 8.58. The van der Waals surface area contributed by atoms with Crippen LogP contribution in [-0.2, 0) is 14.8 Å².